The largest absolute Gasteiger partial charge is 0.356 e. The molecule has 1 aromatic rings. The minimum atomic E-state index is 0.0471. The zero-order valence-electron chi connectivity index (χ0n) is 12.7. The van der Waals surface area contributed by atoms with Crippen molar-refractivity contribution in [3.63, 3.8) is 0 Å². The number of carbonyl (C=O) groups excluding carboxylic acids is 2. The molecule has 1 amide bonds. The molecule has 1 aliphatic heterocycles. The van der Waals surface area contributed by atoms with Crippen LogP contribution in [0, 0.1) is 5.92 Å². The standard InChI is InChI=1S/C17H24N2O2/c1-14(20)18-13-15-7-10-19(11-8-15)12-9-17(21)16-5-3-2-4-6-16/h2-6,15H,7-13H2,1H3,(H,18,20). The monoisotopic (exact) mass is 288 g/mol. The molecule has 114 valence electrons. The van der Waals surface area contributed by atoms with E-state index in [-0.39, 0.29) is 11.7 Å². The number of Topliss-reactive ketones (excluding diaryl/α,β-unsaturated/α-hetero) is 1. The van der Waals surface area contributed by atoms with Gasteiger partial charge in [0.1, 0.15) is 0 Å². The first-order valence-electron chi connectivity index (χ1n) is 7.70. The number of carbonyl (C=O) groups is 2. The molecule has 1 aromatic carbocycles. The van der Waals surface area contributed by atoms with Crippen molar-refractivity contribution in [3.8, 4) is 0 Å². The van der Waals surface area contributed by atoms with E-state index in [1.54, 1.807) is 6.92 Å². The number of likely N-dealkylation sites (tertiary alicyclic amines) is 1. The Morgan fingerprint density at radius 1 is 1.19 bits per heavy atom. The first kappa shape index (κ1) is 15.7. The van der Waals surface area contributed by atoms with E-state index in [4.69, 9.17) is 0 Å². The molecule has 4 nitrogen and oxygen atoms in total. The van der Waals surface area contributed by atoms with Crippen molar-refractivity contribution in [3.05, 3.63) is 35.9 Å². The van der Waals surface area contributed by atoms with Gasteiger partial charge in [-0.2, -0.15) is 0 Å². The second kappa shape index (κ2) is 7.93. The van der Waals surface area contributed by atoms with Crippen molar-refractivity contribution in [2.75, 3.05) is 26.2 Å². The van der Waals surface area contributed by atoms with Crippen LogP contribution in [0.2, 0.25) is 0 Å². The Balaban J connectivity index is 1.67. The van der Waals surface area contributed by atoms with E-state index in [1.165, 1.54) is 0 Å². The lowest BCUT2D eigenvalue weighted by Crippen LogP contribution is -2.39. The average Bonchev–Trinajstić information content (AvgIpc) is 2.52. The molecular formula is C17H24N2O2. The van der Waals surface area contributed by atoms with Crippen LogP contribution >= 0.6 is 0 Å². The van der Waals surface area contributed by atoms with E-state index in [0.29, 0.717) is 12.3 Å². The molecule has 1 N–H and O–H groups in total. The third-order valence-electron chi connectivity index (χ3n) is 4.10. The number of ketones is 1. The van der Waals surface area contributed by atoms with Gasteiger partial charge in [0.05, 0.1) is 0 Å². The molecule has 0 aromatic heterocycles. The van der Waals surface area contributed by atoms with Crippen molar-refractivity contribution in [2.45, 2.75) is 26.2 Å². The summed E-state index contributed by atoms with van der Waals surface area (Å²) < 4.78 is 0. The van der Waals surface area contributed by atoms with Gasteiger partial charge < -0.3 is 10.2 Å². The first-order valence-corrected chi connectivity index (χ1v) is 7.70. The molecule has 0 saturated carbocycles. The highest BCUT2D eigenvalue weighted by atomic mass is 16.1. The number of benzene rings is 1. The highest BCUT2D eigenvalue weighted by Gasteiger charge is 2.19. The van der Waals surface area contributed by atoms with Crippen LogP contribution in [0.4, 0.5) is 0 Å². The van der Waals surface area contributed by atoms with Gasteiger partial charge >= 0.3 is 0 Å². The number of piperidine rings is 1. The maximum absolute atomic E-state index is 12.1. The van der Waals surface area contributed by atoms with Crippen LogP contribution in [0.25, 0.3) is 0 Å². The molecule has 0 spiro atoms. The van der Waals surface area contributed by atoms with Crippen molar-refractivity contribution in [2.24, 2.45) is 5.92 Å². The Bertz CT molecular complexity index is 465. The normalized spacial score (nSPS) is 16.6. The van der Waals surface area contributed by atoms with E-state index in [9.17, 15) is 9.59 Å². The molecule has 0 bridgehead atoms. The van der Waals surface area contributed by atoms with Gasteiger partial charge in [0.25, 0.3) is 0 Å². The Kier molecular flexibility index (Phi) is 5.93. The number of hydrogen-bond acceptors (Lipinski definition) is 3. The molecule has 1 heterocycles. The fraction of sp³-hybridized carbons (Fsp3) is 0.529. The lowest BCUT2D eigenvalue weighted by Gasteiger charge is -2.31. The zero-order chi connectivity index (χ0) is 15.1. The summed E-state index contributed by atoms with van der Waals surface area (Å²) in [7, 11) is 0. The van der Waals surface area contributed by atoms with E-state index in [1.807, 2.05) is 30.3 Å². The first-order chi connectivity index (χ1) is 10.1. The Labute approximate surface area is 126 Å². The average molecular weight is 288 g/mol. The van der Waals surface area contributed by atoms with Gasteiger partial charge in [-0.3, -0.25) is 9.59 Å². The van der Waals surface area contributed by atoms with Crippen molar-refractivity contribution in [1.82, 2.24) is 10.2 Å². The number of nitrogens with one attached hydrogen (secondary N) is 1. The molecule has 1 aliphatic rings. The second-order valence-corrected chi connectivity index (χ2v) is 5.76. The predicted molar refractivity (Wildman–Crippen MR) is 83.2 cm³/mol. The van der Waals surface area contributed by atoms with Gasteiger partial charge in [0, 0.05) is 32.0 Å². The summed E-state index contributed by atoms with van der Waals surface area (Å²) in [5.41, 5.74) is 0.804. The third kappa shape index (κ3) is 5.31. The van der Waals surface area contributed by atoms with Crippen LogP contribution in [0.5, 0.6) is 0 Å². The number of nitrogens with zero attached hydrogens (tertiary/aromatic N) is 1. The van der Waals surface area contributed by atoms with E-state index >= 15 is 0 Å². The van der Waals surface area contributed by atoms with Crippen molar-refractivity contribution >= 4 is 11.7 Å². The van der Waals surface area contributed by atoms with E-state index < -0.39 is 0 Å². The molecule has 0 unspecified atom stereocenters. The SMILES string of the molecule is CC(=O)NCC1CCN(CCC(=O)c2ccccc2)CC1. The number of hydrogen-bond donors (Lipinski definition) is 1. The highest BCUT2D eigenvalue weighted by molar-refractivity contribution is 5.96. The summed E-state index contributed by atoms with van der Waals surface area (Å²) >= 11 is 0. The summed E-state index contributed by atoms with van der Waals surface area (Å²) in [5.74, 6) is 0.844. The van der Waals surface area contributed by atoms with Gasteiger partial charge in [-0.1, -0.05) is 30.3 Å². The maximum atomic E-state index is 12.1. The quantitative estimate of drug-likeness (QED) is 0.816. The fourth-order valence-electron chi connectivity index (χ4n) is 2.73. The maximum Gasteiger partial charge on any atom is 0.216 e. The number of rotatable bonds is 6. The highest BCUT2D eigenvalue weighted by Crippen LogP contribution is 2.17. The molecule has 0 atom stereocenters. The summed E-state index contributed by atoms with van der Waals surface area (Å²) in [6, 6.07) is 9.49. The lowest BCUT2D eigenvalue weighted by molar-refractivity contribution is -0.119. The molecule has 21 heavy (non-hydrogen) atoms. The van der Waals surface area contributed by atoms with Crippen LogP contribution in [0.3, 0.4) is 0 Å². The van der Waals surface area contributed by atoms with Gasteiger partial charge in [0.2, 0.25) is 5.91 Å². The lowest BCUT2D eigenvalue weighted by atomic mass is 9.96. The molecule has 4 heteroatoms. The van der Waals surface area contributed by atoms with Crippen molar-refractivity contribution < 1.29 is 9.59 Å². The third-order valence-corrected chi connectivity index (χ3v) is 4.10. The van der Waals surface area contributed by atoms with Crippen LogP contribution in [0.1, 0.15) is 36.5 Å². The minimum absolute atomic E-state index is 0.0471. The topological polar surface area (TPSA) is 49.4 Å². The van der Waals surface area contributed by atoms with Crippen LogP contribution in [-0.2, 0) is 4.79 Å². The van der Waals surface area contributed by atoms with Crippen molar-refractivity contribution in [1.29, 1.82) is 0 Å². The van der Waals surface area contributed by atoms with Crippen LogP contribution in [0.15, 0.2) is 30.3 Å². The Hall–Kier alpha value is -1.68. The summed E-state index contributed by atoms with van der Waals surface area (Å²) in [6.45, 7) is 5.22. The minimum Gasteiger partial charge on any atom is -0.356 e. The molecule has 0 radical (unpaired) electrons. The molecule has 2 rings (SSSR count). The van der Waals surface area contributed by atoms with Gasteiger partial charge in [-0.25, -0.2) is 0 Å². The smallest absolute Gasteiger partial charge is 0.216 e. The van der Waals surface area contributed by atoms with E-state index in [2.05, 4.69) is 10.2 Å². The Morgan fingerprint density at radius 2 is 1.86 bits per heavy atom. The van der Waals surface area contributed by atoms with Gasteiger partial charge in [0.15, 0.2) is 5.78 Å². The molecule has 0 aliphatic carbocycles. The van der Waals surface area contributed by atoms with Gasteiger partial charge in [-0.05, 0) is 31.8 Å². The summed E-state index contributed by atoms with van der Waals surface area (Å²) in [5, 5.41) is 2.89. The van der Waals surface area contributed by atoms with Gasteiger partial charge in [-0.15, -0.1) is 0 Å². The van der Waals surface area contributed by atoms with Crippen LogP contribution < -0.4 is 5.32 Å². The summed E-state index contributed by atoms with van der Waals surface area (Å²) in [4.78, 5) is 25.3. The molecular weight excluding hydrogens is 264 g/mol. The predicted octanol–water partition coefficient (Wildman–Crippen LogP) is 2.11. The second-order valence-electron chi connectivity index (χ2n) is 5.76. The fourth-order valence-corrected chi connectivity index (χ4v) is 2.73. The molecule has 1 saturated heterocycles. The molecule has 1 fully saturated rings. The van der Waals surface area contributed by atoms with Crippen LogP contribution in [-0.4, -0.2) is 42.8 Å². The Morgan fingerprint density at radius 3 is 2.48 bits per heavy atom. The van der Waals surface area contributed by atoms with E-state index in [0.717, 1.165) is 44.6 Å². The zero-order valence-corrected chi connectivity index (χ0v) is 12.7. The summed E-state index contributed by atoms with van der Waals surface area (Å²) in [6.07, 6.45) is 2.78. The number of amides is 1.